The van der Waals surface area contributed by atoms with Crippen molar-refractivity contribution in [1.29, 1.82) is 0 Å². The van der Waals surface area contributed by atoms with Crippen molar-refractivity contribution in [3.05, 3.63) is 28.7 Å². The molecule has 2 aliphatic carbocycles. The second kappa shape index (κ2) is 4.51. The van der Waals surface area contributed by atoms with E-state index in [4.69, 9.17) is 0 Å². The fourth-order valence-electron chi connectivity index (χ4n) is 2.92. The van der Waals surface area contributed by atoms with Crippen LogP contribution in [0.15, 0.2) is 11.8 Å². The zero-order valence-corrected chi connectivity index (χ0v) is 11.9. The number of carbonyl (C=O) groups is 1. The van der Waals surface area contributed by atoms with Gasteiger partial charge < -0.3 is 4.90 Å². The van der Waals surface area contributed by atoms with Gasteiger partial charge in [-0.1, -0.05) is 0 Å². The van der Waals surface area contributed by atoms with Crippen LogP contribution in [0.1, 0.15) is 53.8 Å². The molecule has 1 saturated carbocycles. The number of rotatable bonds is 3. The monoisotopic (exact) mass is 259 g/mol. The summed E-state index contributed by atoms with van der Waals surface area (Å²) in [6.07, 6.45) is 6.09. The van der Waals surface area contributed by atoms with Crippen molar-refractivity contribution in [1.82, 2.24) is 14.7 Å². The van der Waals surface area contributed by atoms with Crippen LogP contribution in [0.2, 0.25) is 0 Å². The van der Waals surface area contributed by atoms with E-state index in [0.29, 0.717) is 5.92 Å². The van der Waals surface area contributed by atoms with Gasteiger partial charge in [0.25, 0.3) is 0 Å². The molecule has 0 saturated heterocycles. The molecule has 0 atom stereocenters. The van der Waals surface area contributed by atoms with Gasteiger partial charge in [0.2, 0.25) is 0 Å². The summed E-state index contributed by atoms with van der Waals surface area (Å²) in [6.45, 7) is 2.96. The average Bonchev–Trinajstić information content (AvgIpc) is 3.13. The Bertz CT molecular complexity index is 550. The Morgan fingerprint density at radius 1 is 1.37 bits per heavy atom. The van der Waals surface area contributed by atoms with Crippen molar-refractivity contribution in [2.45, 2.75) is 45.1 Å². The highest BCUT2D eigenvalue weighted by atomic mass is 16.1. The molecule has 19 heavy (non-hydrogen) atoms. The van der Waals surface area contributed by atoms with Gasteiger partial charge in [-0.05, 0) is 32.6 Å². The average molecular weight is 259 g/mol. The van der Waals surface area contributed by atoms with E-state index in [1.807, 2.05) is 25.2 Å². The number of fused-ring (bicyclic) bond motifs is 1. The minimum Gasteiger partial charge on any atom is -0.383 e. The highest BCUT2D eigenvalue weighted by Crippen LogP contribution is 2.44. The molecule has 102 valence electrons. The van der Waals surface area contributed by atoms with Gasteiger partial charge in [-0.2, -0.15) is 5.10 Å². The van der Waals surface area contributed by atoms with Crippen LogP contribution in [0.4, 0.5) is 0 Å². The molecule has 1 aromatic rings. The van der Waals surface area contributed by atoms with Crippen LogP contribution in [0.3, 0.4) is 0 Å². The Hall–Kier alpha value is -1.58. The fraction of sp³-hybridized carbons (Fsp3) is 0.600. The van der Waals surface area contributed by atoms with Gasteiger partial charge in [0.05, 0.1) is 17.0 Å². The standard InChI is InChI=1S/C15H21N3O/c1-4-18-14(10-5-6-10)13-12(16-18)8-7-11(15(13)19)9-17(2)3/h9-10H,4-8H2,1-3H3. The molecule has 3 rings (SSSR count). The summed E-state index contributed by atoms with van der Waals surface area (Å²) in [5, 5.41) is 4.65. The van der Waals surface area contributed by atoms with Crippen molar-refractivity contribution >= 4 is 5.78 Å². The van der Waals surface area contributed by atoms with Crippen LogP contribution in [0.25, 0.3) is 0 Å². The summed E-state index contributed by atoms with van der Waals surface area (Å²) in [4.78, 5) is 14.6. The number of carbonyl (C=O) groups excluding carboxylic acids is 1. The van der Waals surface area contributed by atoms with Crippen molar-refractivity contribution in [3.8, 4) is 0 Å². The first-order chi connectivity index (χ1) is 9.11. The van der Waals surface area contributed by atoms with Gasteiger partial charge in [-0.15, -0.1) is 0 Å². The van der Waals surface area contributed by atoms with Crippen LogP contribution in [0.5, 0.6) is 0 Å². The summed E-state index contributed by atoms with van der Waals surface area (Å²) in [5.41, 5.74) is 4.07. The molecule has 0 bridgehead atoms. The topological polar surface area (TPSA) is 38.1 Å². The summed E-state index contributed by atoms with van der Waals surface area (Å²) >= 11 is 0. The second-order valence-electron chi connectivity index (χ2n) is 5.74. The van der Waals surface area contributed by atoms with E-state index < -0.39 is 0 Å². The summed E-state index contributed by atoms with van der Waals surface area (Å²) in [7, 11) is 3.93. The molecule has 0 unspecified atom stereocenters. The number of ketones is 1. The minimum absolute atomic E-state index is 0.205. The predicted molar refractivity (Wildman–Crippen MR) is 74.3 cm³/mol. The third-order valence-electron chi connectivity index (χ3n) is 3.89. The van der Waals surface area contributed by atoms with Crippen LogP contribution in [0, 0.1) is 0 Å². The molecular formula is C15H21N3O. The molecule has 0 amide bonds. The van der Waals surface area contributed by atoms with Gasteiger partial charge in [0.15, 0.2) is 5.78 Å². The quantitative estimate of drug-likeness (QED) is 0.782. The molecule has 0 N–H and O–H groups in total. The first-order valence-corrected chi connectivity index (χ1v) is 7.13. The molecule has 1 fully saturated rings. The first-order valence-electron chi connectivity index (χ1n) is 7.13. The van der Waals surface area contributed by atoms with Gasteiger partial charge in [-0.25, -0.2) is 0 Å². The van der Waals surface area contributed by atoms with Crippen molar-refractivity contribution < 1.29 is 4.79 Å². The normalized spacial score (nSPS) is 20.8. The van der Waals surface area contributed by atoms with E-state index in [0.717, 1.165) is 36.2 Å². The second-order valence-corrected chi connectivity index (χ2v) is 5.74. The fourth-order valence-corrected chi connectivity index (χ4v) is 2.92. The molecule has 0 radical (unpaired) electrons. The maximum Gasteiger partial charge on any atom is 0.194 e. The lowest BCUT2D eigenvalue weighted by molar-refractivity contribution is 0.102. The maximum atomic E-state index is 12.7. The lowest BCUT2D eigenvalue weighted by atomic mass is 9.89. The van der Waals surface area contributed by atoms with Crippen molar-refractivity contribution in [2.75, 3.05) is 14.1 Å². The first kappa shape index (κ1) is 12.5. The summed E-state index contributed by atoms with van der Waals surface area (Å²) < 4.78 is 2.05. The molecule has 4 nitrogen and oxygen atoms in total. The Morgan fingerprint density at radius 2 is 2.11 bits per heavy atom. The SMILES string of the molecule is CCn1nc2c(c1C1CC1)C(=O)C(=CN(C)C)CC2. The molecule has 0 aliphatic heterocycles. The molecular weight excluding hydrogens is 238 g/mol. The Balaban J connectivity index is 2.07. The van der Waals surface area contributed by atoms with Crippen LogP contribution >= 0.6 is 0 Å². The van der Waals surface area contributed by atoms with Gasteiger partial charge in [0.1, 0.15) is 0 Å². The van der Waals surface area contributed by atoms with Gasteiger partial charge >= 0.3 is 0 Å². The number of hydrogen-bond donors (Lipinski definition) is 0. The third-order valence-corrected chi connectivity index (χ3v) is 3.89. The number of hydrogen-bond acceptors (Lipinski definition) is 3. The van der Waals surface area contributed by atoms with Crippen LogP contribution in [-0.2, 0) is 13.0 Å². The number of allylic oxidation sites excluding steroid dienone is 1. The zero-order valence-electron chi connectivity index (χ0n) is 11.9. The molecule has 2 aliphatic rings. The van der Waals surface area contributed by atoms with E-state index in [9.17, 15) is 4.79 Å². The van der Waals surface area contributed by atoms with Crippen molar-refractivity contribution in [3.63, 3.8) is 0 Å². The van der Waals surface area contributed by atoms with Crippen LogP contribution < -0.4 is 0 Å². The lowest BCUT2D eigenvalue weighted by Gasteiger charge is -2.16. The Kier molecular flexibility index (Phi) is 2.96. The molecule has 0 spiro atoms. The van der Waals surface area contributed by atoms with E-state index in [1.54, 1.807) is 0 Å². The van der Waals surface area contributed by atoms with Gasteiger partial charge in [-0.3, -0.25) is 9.48 Å². The third kappa shape index (κ3) is 2.09. The van der Waals surface area contributed by atoms with Crippen LogP contribution in [-0.4, -0.2) is 34.6 Å². The zero-order chi connectivity index (χ0) is 13.6. The number of Topliss-reactive ketones (excluding diaryl/α,β-unsaturated/α-hetero) is 1. The highest BCUT2D eigenvalue weighted by Gasteiger charge is 2.37. The Morgan fingerprint density at radius 3 is 2.68 bits per heavy atom. The van der Waals surface area contributed by atoms with E-state index in [-0.39, 0.29) is 5.78 Å². The van der Waals surface area contributed by atoms with E-state index >= 15 is 0 Å². The molecule has 0 aromatic carbocycles. The maximum absolute atomic E-state index is 12.7. The van der Waals surface area contributed by atoms with E-state index in [2.05, 4.69) is 16.7 Å². The molecule has 1 aromatic heterocycles. The predicted octanol–water partition coefficient (Wildman–Crippen LogP) is 2.35. The van der Waals surface area contributed by atoms with Crippen molar-refractivity contribution in [2.24, 2.45) is 0 Å². The lowest BCUT2D eigenvalue weighted by Crippen LogP contribution is -2.17. The van der Waals surface area contributed by atoms with E-state index in [1.165, 1.54) is 18.5 Å². The number of nitrogens with zero attached hydrogens (tertiary/aromatic N) is 3. The Labute approximate surface area is 114 Å². The summed E-state index contributed by atoms with van der Waals surface area (Å²) in [5.74, 6) is 0.774. The number of aromatic nitrogens is 2. The molecule has 4 heteroatoms. The largest absolute Gasteiger partial charge is 0.383 e. The van der Waals surface area contributed by atoms with Gasteiger partial charge in [0, 0.05) is 38.3 Å². The molecule has 1 heterocycles. The number of aryl methyl sites for hydroxylation is 2. The summed E-state index contributed by atoms with van der Waals surface area (Å²) in [6, 6.07) is 0. The minimum atomic E-state index is 0.205. The highest BCUT2D eigenvalue weighted by molar-refractivity contribution is 6.11. The smallest absolute Gasteiger partial charge is 0.194 e.